The first-order valence-corrected chi connectivity index (χ1v) is 8.18. The number of nitrogens with one attached hydrogen (secondary N) is 1. The standard InChI is InChI=1S/C18H30N2O/c1-14(2)11-18(8-4-5-9-18)13-20-12-15-10-16(21-3)6-7-17(15)19/h6-7,10,14,20H,4-5,8-9,11-13,19H2,1-3H3. The fourth-order valence-corrected chi connectivity index (χ4v) is 3.77. The first kappa shape index (κ1) is 16.2. The lowest BCUT2D eigenvalue weighted by Crippen LogP contribution is -2.33. The lowest BCUT2D eigenvalue weighted by Gasteiger charge is -2.31. The summed E-state index contributed by atoms with van der Waals surface area (Å²) in [4.78, 5) is 0. The predicted octanol–water partition coefficient (Wildman–Crippen LogP) is 3.97. The Labute approximate surface area is 129 Å². The summed E-state index contributed by atoms with van der Waals surface area (Å²) in [7, 11) is 1.69. The lowest BCUT2D eigenvalue weighted by atomic mass is 9.78. The van der Waals surface area contributed by atoms with E-state index in [9.17, 15) is 0 Å². The van der Waals surface area contributed by atoms with E-state index in [1.165, 1.54) is 32.1 Å². The minimum atomic E-state index is 0.502. The van der Waals surface area contributed by atoms with E-state index in [-0.39, 0.29) is 0 Å². The minimum absolute atomic E-state index is 0.502. The van der Waals surface area contributed by atoms with Crippen molar-refractivity contribution in [2.24, 2.45) is 11.3 Å². The zero-order valence-electron chi connectivity index (χ0n) is 13.7. The first-order valence-electron chi connectivity index (χ1n) is 8.18. The number of benzene rings is 1. The molecule has 1 aliphatic carbocycles. The number of methoxy groups -OCH3 is 1. The molecule has 0 bridgehead atoms. The van der Waals surface area contributed by atoms with E-state index in [0.717, 1.165) is 36.0 Å². The fraction of sp³-hybridized carbons (Fsp3) is 0.667. The molecular formula is C18H30N2O. The van der Waals surface area contributed by atoms with E-state index in [0.29, 0.717) is 5.41 Å². The summed E-state index contributed by atoms with van der Waals surface area (Å²) in [5.74, 6) is 1.64. The Morgan fingerprint density at radius 1 is 1.29 bits per heavy atom. The van der Waals surface area contributed by atoms with Gasteiger partial charge in [-0.25, -0.2) is 0 Å². The second-order valence-corrected chi connectivity index (χ2v) is 6.97. The third-order valence-electron chi connectivity index (χ3n) is 4.67. The molecule has 3 nitrogen and oxygen atoms in total. The number of hydrogen-bond donors (Lipinski definition) is 2. The zero-order valence-corrected chi connectivity index (χ0v) is 13.7. The molecule has 2 rings (SSSR count). The molecule has 118 valence electrons. The second kappa shape index (κ2) is 7.17. The first-order chi connectivity index (χ1) is 10.0. The van der Waals surface area contributed by atoms with Crippen LogP contribution in [0.5, 0.6) is 5.75 Å². The highest BCUT2D eigenvalue weighted by molar-refractivity contribution is 5.50. The number of nitrogens with two attached hydrogens (primary N) is 1. The molecule has 0 unspecified atom stereocenters. The Morgan fingerprint density at radius 3 is 2.62 bits per heavy atom. The van der Waals surface area contributed by atoms with Gasteiger partial charge in [0.1, 0.15) is 5.75 Å². The summed E-state index contributed by atoms with van der Waals surface area (Å²) in [6, 6.07) is 5.87. The monoisotopic (exact) mass is 290 g/mol. The summed E-state index contributed by atoms with van der Waals surface area (Å²) in [5.41, 5.74) is 8.53. The SMILES string of the molecule is COc1ccc(N)c(CNCC2(CC(C)C)CCCC2)c1. The molecule has 0 aromatic heterocycles. The Bertz CT molecular complexity index is 451. The Morgan fingerprint density at radius 2 is 2.00 bits per heavy atom. The van der Waals surface area contributed by atoms with Crippen molar-refractivity contribution in [2.45, 2.75) is 52.5 Å². The molecule has 1 aromatic carbocycles. The van der Waals surface area contributed by atoms with E-state index in [4.69, 9.17) is 10.5 Å². The number of hydrogen-bond acceptors (Lipinski definition) is 3. The van der Waals surface area contributed by atoms with Gasteiger partial charge in [-0.05, 0) is 54.4 Å². The summed E-state index contributed by atoms with van der Waals surface area (Å²) >= 11 is 0. The normalized spacial score (nSPS) is 17.3. The van der Waals surface area contributed by atoms with Crippen LogP contribution in [0.15, 0.2) is 18.2 Å². The third kappa shape index (κ3) is 4.37. The van der Waals surface area contributed by atoms with Crippen molar-refractivity contribution in [1.29, 1.82) is 0 Å². The van der Waals surface area contributed by atoms with Crippen LogP contribution in [0.3, 0.4) is 0 Å². The number of ether oxygens (including phenoxy) is 1. The van der Waals surface area contributed by atoms with Crippen LogP contribution in [0.2, 0.25) is 0 Å². The number of rotatable bonds is 7. The maximum absolute atomic E-state index is 6.06. The Hall–Kier alpha value is -1.22. The maximum atomic E-state index is 6.06. The molecular weight excluding hydrogens is 260 g/mol. The molecule has 0 atom stereocenters. The van der Waals surface area contributed by atoms with Crippen molar-refractivity contribution in [3.63, 3.8) is 0 Å². The maximum Gasteiger partial charge on any atom is 0.119 e. The van der Waals surface area contributed by atoms with Gasteiger partial charge in [0.2, 0.25) is 0 Å². The van der Waals surface area contributed by atoms with Gasteiger partial charge in [-0.15, -0.1) is 0 Å². The molecule has 0 spiro atoms. The smallest absolute Gasteiger partial charge is 0.119 e. The molecule has 3 N–H and O–H groups in total. The van der Waals surface area contributed by atoms with Gasteiger partial charge in [-0.2, -0.15) is 0 Å². The number of anilines is 1. The summed E-state index contributed by atoms with van der Waals surface area (Å²) < 4.78 is 5.28. The van der Waals surface area contributed by atoms with Gasteiger partial charge in [0.15, 0.2) is 0 Å². The van der Waals surface area contributed by atoms with Gasteiger partial charge in [0, 0.05) is 18.8 Å². The zero-order chi connectivity index (χ0) is 15.3. The third-order valence-corrected chi connectivity index (χ3v) is 4.67. The molecule has 0 aliphatic heterocycles. The molecule has 0 saturated heterocycles. The van der Waals surface area contributed by atoms with Crippen LogP contribution in [0.1, 0.15) is 51.5 Å². The van der Waals surface area contributed by atoms with Gasteiger partial charge < -0.3 is 15.8 Å². The van der Waals surface area contributed by atoms with Gasteiger partial charge in [0.05, 0.1) is 7.11 Å². The summed E-state index contributed by atoms with van der Waals surface area (Å²) in [5, 5.41) is 3.65. The van der Waals surface area contributed by atoms with Gasteiger partial charge >= 0.3 is 0 Å². The van der Waals surface area contributed by atoms with Crippen LogP contribution in [0.4, 0.5) is 5.69 Å². The van der Waals surface area contributed by atoms with Crippen molar-refractivity contribution < 1.29 is 4.74 Å². The molecule has 0 radical (unpaired) electrons. The number of nitrogen functional groups attached to an aromatic ring is 1. The lowest BCUT2D eigenvalue weighted by molar-refractivity contribution is 0.223. The molecule has 0 heterocycles. The van der Waals surface area contributed by atoms with Gasteiger partial charge in [-0.1, -0.05) is 26.7 Å². The predicted molar refractivity (Wildman–Crippen MR) is 89.5 cm³/mol. The fourth-order valence-electron chi connectivity index (χ4n) is 3.77. The summed E-state index contributed by atoms with van der Waals surface area (Å²) in [6.07, 6.45) is 6.83. The average molecular weight is 290 g/mol. The molecule has 1 fully saturated rings. The molecule has 1 aliphatic rings. The van der Waals surface area contributed by atoms with Crippen LogP contribution in [-0.4, -0.2) is 13.7 Å². The van der Waals surface area contributed by atoms with Crippen molar-refractivity contribution in [3.05, 3.63) is 23.8 Å². The van der Waals surface area contributed by atoms with Crippen molar-refractivity contribution >= 4 is 5.69 Å². The van der Waals surface area contributed by atoms with Crippen LogP contribution in [0, 0.1) is 11.3 Å². The highest BCUT2D eigenvalue weighted by Crippen LogP contribution is 2.42. The van der Waals surface area contributed by atoms with E-state index >= 15 is 0 Å². The molecule has 1 aromatic rings. The van der Waals surface area contributed by atoms with Crippen LogP contribution >= 0.6 is 0 Å². The highest BCUT2D eigenvalue weighted by atomic mass is 16.5. The van der Waals surface area contributed by atoms with Crippen LogP contribution in [-0.2, 0) is 6.54 Å². The highest BCUT2D eigenvalue weighted by Gasteiger charge is 2.33. The summed E-state index contributed by atoms with van der Waals surface area (Å²) in [6.45, 7) is 6.59. The van der Waals surface area contributed by atoms with Crippen molar-refractivity contribution in [3.8, 4) is 5.75 Å². The van der Waals surface area contributed by atoms with Crippen LogP contribution < -0.4 is 15.8 Å². The van der Waals surface area contributed by atoms with E-state index < -0.39 is 0 Å². The molecule has 0 amide bonds. The minimum Gasteiger partial charge on any atom is -0.497 e. The molecule has 21 heavy (non-hydrogen) atoms. The van der Waals surface area contributed by atoms with Gasteiger partial charge in [0.25, 0.3) is 0 Å². The Kier molecular flexibility index (Phi) is 5.51. The average Bonchev–Trinajstić information content (AvgIpc) is 2.88. The van der Waals surface area contributed by atoms with Crippen LogP contribution in [0.25, 0.3) is 0 Å². The second-order valence-electron chi connectivity index (χ2n) is 6.97. The Balaban J connectivity index is 1.93. The van der Waals surface area contributed by atoms with Crippen molar-refractivity contribution in [1.82, 2.24) is 5.32 Å². The van der Waals surface area contributed by atoms with E-state index in [1.54, 1.807) is 7.11 Å². The van der Waals surface area contributed by atoms with E-state index in [1.807, 2.05) is 18.2 Å². The largest absolute Gasteiger partial charge is 0.497 e. The van der Waals surface area contributed by atoms with Crippen molar-refractivity contribution in [2.75, 3.05) is 19.4 Å². The van der Waals surface area contributed by atoms with E-state index in [2.05, 4.69) is 19.2 Å². The molecule has 3 heteroatoms. The topological polar surface area (TPSA) is 47.3 Å². The van der Waals surface area contributed by atoms with Gasteiger partial charge in [-0.3, -0.25) is 0 Å². The molecule has 1 saturated carbocycles. The quantitative estimate of drug-likeness (QED) is 0.747.